The molecule has 0 atom stereocenters. The van der Waals surface area contributed by atoms with Crippen LogP contribution in [-0.4, -0.2) is 17.8 Å². The van der Waals surface area contributed by atoms with Gasteiger partial charge in [0.25, 0.3) is 0 Å². The molecule has 1 N–H and O–H groups in total. The average Bonchev–Trinajstić information content (AvgIpc) is 2.46. The molecule has 13 heavy (non-hydrogen) atoms. The Kier molecular flexibility index (Phi) is 1.78. The zero-order chi connectivity index (χ0) is 9.26. The fraction of sp³-hybridized carbons (Fsp3) is 0.111. The van der Waals surface area contributed by atoms with E-state index in [1.54, 1.807) is 0 Å². The van der Waals surface area contributed by atoms with E-state index in [-0.39, 0.29) is 0 Å². The van der Waals surface area contributed by atoms with E-state index in [9.17, 15) is 0 Å². The molecule has 0 aliphatic carbocycles. The normalized spacial score (nSPS) is 10.1. The van der Waals surface area contributed by atoms with Gasteiger partial charge in [-0.2, -0.15) is 5.26 Å². The van der Waals surface area contributed by atoms with Crippen molar-refractivity contribution in [3.05, 3.63) is 24.0 Å². The molecule has 1 aromatic heterocycles. The Morgan fingerprint density at radius 3 is 3.15 bits per heavy atom. The van der Waals surface area contributed by atoms with Gasteiger partial charge in [-0.15, -0.1) is 0 Å². The average molecular weight is 169 g/mol. The largest absolute Gasteiger partial charge is 0.341 e. The van der Waals surface area contributed by atoms with Gasteiger partial charge < -0.3 is 4.98 Å². The van der Waals surface area contributed by atoms with Gasteiger partial charge in [-0.3, -0.25) is 0 Å². The van der Waals surface area contributed by atoms with Crippen LogP contribution >= 0.6 is 0 Å². The molecule has 1 aromatic carbocycles. The fourth-order valence-corrected chi connectivity index (χ4v) is 1.33. The molecule has 0 amide bonds. The van der Waals surface area contributed by atoms with E-state index in [2.05, 4.69) is 16.0 Å². The summed E-state index contributed by atoms with van der Waals surface area (Å²) in [6.45, 7) is 0. The van der Waals surface area contributed by atoms with Gasteiger partial charge in [0.1, 0.15) is 13.7 Å². The van der Waals surface area contributed by atoms with Crippen LogP contribution in [-0.2, 0) is 6.42 Å². The lowest BCUT2D eigenvalue weighted by Gasteiger charge is -1.89. The highest BCUT2D eigenvalue weighted by molar-refractivity contribution is 6.33. The summed E-state index contributed by atoms with van der Waals surface area (Å²) in [6.07, 6.45) is 0.341. The second-order valence-electron chi connectivity index (χ2n) is 3.04. The lowest BCUT2D eigenvalue weighted by molar-refractivity contribution is 1.08. The number of fused-ring (bicyclic) bond motifs is 1. The highest BCUT2D eigenvalue weighted by Crippen LogP contribution is 2.08. The van der Waals surface area contributed by atoms with Crippen molar-refractivity contribution in [1.29, 1.82) is 5.26 Å². The van der Waals surface area contributed by atoms with Gasteiger partial charge in [0.15, 0.2) is 0 Å². The number of hydrogen-bond donors (Lipinski definition) is 1. The van der Waals surface area contributed by atoms with E-state index < -0.39 is 0 Å². The zero-order valence-corrected chi connectivity index (χ0v) is 7.33. The lowest BCUT2D eigenvalue weighted by atomic mass is 9.96. The Morgan fingerprint density at radius 2 is 2.38 bits per heavy atom. The molecule has 0 aliphatic rings. The number of imidazole rings is 1. The number of nitriles is 1. The van der Waals surface area contributed by atoms with Gasteiger partial charge >= 0.3 is 0 Å². The Hall–Kier alpha value is -1.76. The highest BCUT2D eigenvalue weighted by Gasteiger charge is 2.00. The van der Waals surface area contributed by atoms with Gasteiger partial charge in [0.05, 0.1) is 23.5 Å². The van der Waals surface area contributed by atoms with E-state index in [1.165, 1.54) is 5.46 Å². The summed E-state index contributed by atoms with van der Waals surface area (Å²) in [6, 6.07) is 8.08. The maximum absolute atomic E-state index is 8.49. The molecule has 0 bridgehead atoms. The quantitative estimate of drug-likeness (QED) is 0.605. The van der Waals surface area contributed by atoms with Crippen LogP contribution in [0.25, 0.3) is 11.0 Å². The first-order chi connectivity index (χ1) is 6.29. The molecule has 0 saturated heterocycles. The van der Waals surface area contributed by atoms with Crippen molar-refractivity contribution in [3.8, 4) is 6.07 Å². The molecule has 0 aliphatic heterocycles. The summed E-state index contributed by atoms with van der Waals surface area (Å²) in [5, 5.41) is 8.49. The Labute approximate surface area is 76.8 Å². The Balaban J connectivity index is 2.57. The Bertz CT molecular complexity index is 481. The van der Waals surface area contributed by atoms with Gasteiger partial charge in [-0.1, -0.05) is 11.5 Å². The SMILES string of the molecule is Bc1ccc2[nH]c(CC#N)nc2c1. The maximum atomic E-state index is 8.49. The number of rotatable bonds is 1. The van der Waals surface area contributed by atoms with Crippen molar-refractivity contribution < 1.29 is 0 Å². The van der Waals surface area contributed by atoms with Crippen LogP contribution in [0.2, 0.25) is 0 Å². The first-order valence-corrected chi connectivity index (χ1v) is 4.12. The van der Waals surface area contributed by atoms with Gasteiger partial charge in [-0.05, 0) is 12.1 Å². The summed E-state index contributed by atoms with van der Waals surface area (Å²) in [7, 11) is 2.03. The fourth-order valence-electron chi connectivity index (χ4n) is 1.33. The summed E-state index contributed by atoms with van der Waals surface area (Å²) < 4.78 is 0. The van der Waals surface area contributed by atoms with Crippen LogP contribution in [0.1, 0.15) is 5.82 Å². The summed E-state index contributed by atoms with van der Waals surface area (Å²) >= 11 is 0. The van der Waals surface area contributed by atoms with E-state index >= 15 is 0 Å². The van der Waals surface area contributed by atoms with Crippen LogP contribution in [0.4, 0.5) is 0 Å². The van der Waals surface area contributed by atoms with Crippen molar-refractivity contribution in [3.63, 3.8) is 0 Å². The number of nitrogens with one attached hydrogen (secondary N) is 1. The van der Waals surface area contributed by atoms with Crippen LogP contribution in [0.15, 0.2) is 18.2 Å². The first kappa shape index (κ1) is 7.87. The summed E-state index contributed by atoms with van der Waals surface area (Å²) in [4.78, 5) is 7.38. The third-order valence-electron chi connectivity index (χ3n) is 1.93. The van der Waals surface area contributed by atoms with Crippen molar-refractivity contribution in [2.24, 2.45) is 0 Å². The molecule has 0 saturated carbocycles. The van der Waals surface area contributed by atoms with E-state index in [4.69, 9.17) is 5.26 Å². The molecule has 62 valence electrons. The number of H-pyrrole nitrogens is 1. The number of nitrogens with zero attached hydrogens (tertiary/aromatic N) is 2. The highest BCUT2D eigenvalue weighted by atomic mass is 14.9. The van der Waals surface area contributed by atoms with Gasteiger partial charge in [-0.25, -0.2) is 4.98 Å². The molecule has 2 aromatic rings. The summed E-state index contributed by atoms with van der Waals surface area (Å²) in [5.41, 5.74) is 3.11. The minimum atomic E-state index is 0.341. The van der Waals surface area contributed by atoms with Crippen LogP contribution < -0.4 is 5.46 Å². The molecular weight excluding hydrogens is 161 g/mol. The molecule has 2 rings (SSSR count). The third-order valence-corrected chi connectivity index (χ3v) is 1.93. The third kappa shape index (κ3) is 1.41. The molecule has 0 fully saturated rings. The van der Waals surface area contributed by atoms with Gasteiger partial charge in [0, 0.05) is 0 Å². The molecule has 3 nitrogen and oxygen atoms in total. The molecular formula is C9H8BN3. The molecule has 0 spiro atoms. The number of aromatic amines is 1. The molecule has 0 unspecified atom stereocenters. The van der Waals surface area contributed by atoms with Crippen LogP contribution in [0, 0.1) is 11.3 Å². The monoisotopic (exact) mass is 169 g/mol. The zero-order valence-electron chi connectivity index (χ0n) is 7.33. The summed E-state index contributed by atoms with van der Waals surface area (Å²) in [5.74, 6) is 0.739. The maximum Gasteiger partial charge on any atom is 0.139 e. The van der Waals surface area contributed by atoms with Gasteiger partial charge in [0.2, 0.25) is 0 Å². The number of hydrogen-bond acceptors (Lipinski definition) is 2. The van der Waals surface area contributed by atoms with Crippen LogP contribution in [0.5, 0.6) is 0 Å². The standard InChI is InChI=1S/C9H8BN3/c10-6-1-2-7-8(5-6)13-9(12-7)3-4-11/h1-2,5H,3,10H2,(H,12,13). The predicted molar refractivity (Wildman–Crippen MR) is 53.6 cm³/mol. The second-order valence-corrected chi connectivity index (χ2v) is 3.04. The number of aromatic nitrogens is 2. The van der Waals surface area contributed by atoms with E-state index in [0.717, 1.165) is 16.9 Å². The van der Waals surface area contributed by atoms with Crippen molar-refractivity contribution >= 4 is 24.3 Å². The predicted octanol–water partition coefficient (Wildman–Crippen LogP) is -0.113. The van der Waals surface area contributed by atoms with Crippen molar-refractivity contribution in [1.82, 2.24) is 9.97 Å². The second kappa shape index (κ2) is 2.94. The lowest BCUT2D eigenvalue weighted by Crippen LogP contribution is -1.99. The molecule has 1 heterocycles. The molecule has 4 heteroatoms. The minimum Gasteiger partial charge on any atom is -0.341 e. The van der Waals surface area contributed by atoms with E-state index in [0.29, 0.717) is 6.42 Å². The smallest absolute Gasteiger partial charge is 0.139 e. The minimum absolute atomic E-state index is 0.341. The van der Waals surface area contributed by atoms with Crippen LogP contribution in [0.3, 0.4) is 0 Å². The Morgan fingerprint density at radius 1 is 1.54 bits per heavy atom. The first-order valence-electron chi connectivity index (χ1n) is 4.12. The van der Waals surface area contributed by atoms with Crippen molar-refractivity contribution in [2.75, 3.05) is 0 Å². The number of benzene rings is 1. The van der Waals surface area contributed by atoms with E-state index in [1.807, 2.05) is 26.0 Å². The topological polar surface area (TPSA) is 52.5 Å². The van der Waals surface area contributed by atoms with Crippen molar-refractivity contribution in [2.45, 2.75) is 6.42 Å². The molecule has 0 radical (unpaired) electrons.